The summed E-state index contributed by atoms with van der Waals surface area (Å²) in [5.74, 6) is -0.751. The number of nitrogens with two attached hydrogens (primary N) is 1. The Kier molecular flexibility index (Phi) is 5.38. The number of ketones is 1. The van der Waals surface area contributed by atoms with Gasteiger partial charge in [0.05, 0.1) is 19.3 Å². The third-order valence-corrected chi connectivity index (χ3v) is 3.41. The first kappa shape index (κ1) is 18.1. The quantitative estimate of drug-likeness (QED) is 0.898. The number of hydrogen-bond donors (Lipinski definition) is 1. The van der Waals surface area contributed by atoms with Gasteiger partial charge in [0.15, 0.2) is 5.78 Å². The highest BCUT2D eigenvalue weighted by Crippen LogP contribution is 2.16. The Balaban J connectivity index is 2.00. The zero-order valence-corrected chi connectivity index (χ0v) is 14.0. The molecule has 8 heteroatoms. The van der Waals surface area contributed by atoms with E-state index in [1.807, 2.05) is 0 Å². The molecule has 7 nitrogen and oxygen atoms in total. The number of pyridine rings is 1. The normalized spacial score (nSPS) is 18.3. The molecule has 1 aromatic heterocycles. The van der Waals surface area contributed by atoms with Crippen LogP contribution >= 0.6 is 0 Å². The molecule has 1 aromatic rings. The molecule has 132 valence electrons. The number of amides is 1. The van der Waals surface area contributed by atoms with E-state index < -0.39 is 23.6 Å². The van der Waals surface area contributed by atoms with E-state index in [4.69, 9.17) is 15.2 Å². The molecule has 1 unspecified atom stereocenters. The van der Waals surface area contributed by atoms with Crippen molar-refractivity contribution in [2.75, 3.05) is 25.4 Å². The highest BCUT2D eigenvalue weighted by molar-refractivity contribution is 5.87. The van der Waals surface area contributed by atoms with Gasteiger partial charge in [-0.25, -0.2) is 14.2 Å². The van der Waals surface area contributed by atoms with E-state index in [1.165, 1.54) is 11.0 Å². The van der Waals surface area contributed by atoms with Crippen LogP contribution in [0.2, 0.25) is 0 Å². The van der Waals surface area contributed by atoms with Crippen LogP contribution in [-0.4, -0.2) is 53.2 Å². The summed E-state index contributed by atoms with van der Waals surface area (Å²) in [6.45, 7) is 5.99. The summed E-state index contributed by atoms with van der Waals surface area (Å²) in [5, 5.41) is 0. The molecular weight excluding hydrogens is 317 g/mol. The summed E-state index contributed by atoms with van der Waals surface area (Å²) in [5.41, 5.74) is 5.35. The molecule has 1 fully saturated rings. The molecule has 0 aromatic carbocycles. The van der Waals surface area contributed by atoms with Crippen molar-refractivity contribution in [2.45, 2.75) is 38.9 Å². The predicted molar refractivity (Wildman–Crippen MR) is 84.9 cm³/mol. The number of hydrogen-bond acceptors (Lipinski definition) is 6. The zero-order chi connectivity index (χ0) is 17.9. The Bertz CT molecular complexity index is 630. The van der Waals surface area contributed by atoms with Crippen LogP contribution in [0.3, 0.4) is 0 Å². The number of Topliss-reactive ketones (excluding diaryl/α,β-unsaturated/α-hetero) is 1. The summed E-state index contributed by atoms with van der Waals surface area (Å²) in [7, 11) is 0. The van der Waals surface area contributed by atoms with Gasteiger partial charge in [-0.2, -0.15) is 0 Å². The minimum atomic E-state index is -0.797. The number of ether oxygens (including phenoxy) is 2. The van der Waals surface area contributed by atoms with Crippen LogP contribution in [0.4, 0.5) is 15.0 Å². The number of carbonyl (C=O) groups is 2. The van der Waals surface area contributed by atoms with Crippen molar-refractivity contribution >= 4 is 17.7 Å². The van der Waals surface area contributed by atoms with Gasteiger partial charge in [-0.3, -0.25) is 4.79 Å². The summed E-state index contributed by atoms with van der Waals surface area (Å²) >= 11 is 0. The molecule has 2 N–H and O–H groups in total. The second-order valence-electron chi connectivity index (χ2n) is 6.63. The Morgan fingerprint density at radius 2 is 2.21 bits per heavy atom. The second-order valence-corrected chi connectivity index (χ2v) is 6.63. The third-order valence-electron chi connectivity index (χ3n) is 3.41. The molecule has 0 bridgehead atoms. The Morgan fingerprint density at radius 3 is 2.88 bits per heavy atom. The molecule has 2 heterocycles. The first-order valence-electron chi connectivity index (χ1n) is 7.68. The summed E-state index contributed by atoms with van der Waals surface area (Å²) in [6.07, 6.45) is -0.405. The summed E-state index contributed by atoms with van der Waals surface area (Å²) in [6, 6.07) is 1.18. The maximum atomic E-state index is 13.2. The van der Waals surface area contributed by atoms with E-state index in [0.717, 1.165) is 6.20 Å². The number of rotatable bonds is 3. The lowest BCUT2D eigenvalue weighted by atomic mass is 10.0. The van der Waals surface area contributed by atoms with Gasteiger partial charge in [0.25, 0.3) is 0 Å². The fraction of sp³-hybridized carbons (Fsp3) is 0.562. The van der Waals surface area contributed by atoms with E-state index in [1.54, 1.807) is 20.8 Å². The molecule has 0 aliphatic carbocycles. The van der Waals surface area contributed by atoms with Crippen LogP contribution in [0.5, 0.6) is 0 Å². The minimum Gasteiger partial charge on any atom is -0.444 e. The first-order chi connectivity index (χ1) is 11.2. The van der Waals surface area contributed by atoms with Crippen molar-refractivity contribution < 1.29 is 23.5 Å². The number of anilines is 1. The molecular formula is C16H22FN3O4. The topological polar surface area (TPSA) is 94.7 Å². The monoisotopic (exact) mass is 339 g/mol. The van der Waals surface area contributed by atoms with Crippen LogP contribution in [0.1, 0.15) is 26.3 Å². The van der Waals surface area contributed by atoms with Gasteiger partial charge >= 0.3 is 6.09 Å². The maximum absolute atomic E-state index is 13.2. The van der Waals surface area contributed by atoms with Crippen LogP contribution in [0.15, 0.2) is 12.3 Å². The van der Waals surface area contributed by atoms with Gasteiger partial charge in [0.1, 0.15) is 23.3 Å². The van der Waals surface area contributed by atoms with Gasteiger partial charge in [-0.05, 0) is 26.8 Å². The van der Waals surface area contributed by atoms with Crippen molar-refractivity contribution in [1.82, 2.24) is 9.88 Å². The minimum absolute atomic E-state index is 0.0936. The van der Waals surface area contributed by atoms with Crippen LogP contribution in [0, 0.1) is 5.82 Å². The van der Waals surface area contributed by atoms with Gasteiger partial charge in [-0.15, -0.1) is 0 Å². The Labute approximate surface area is 139 Å². The molecule has 1 aliphatic heterocycles. The number of halogens is 1. The maximum Gasteiger partial charge on any atom is 0.410 e. The highest BCUT2D eigenvalue weighted by Gasteiger charge is 2.31. The molecule has 1 saturated heterocycles. The van der Waals surface area contributed by atoms with Gasteiger partial charge in [0, 0.05) is 18.5 Å². The molecule has 1 aliphatic rings. The molecule has 0 radical (unpaired) electrons. The van der Waals surface area contributed by atoms with Crippen LogP contribution < -0.4 is 5.73 Å². The van der Waals surface area contributed by atoms with Crippen molar-refractivity contribution in [3.8, 4) is 0 Å². The van der Waals surface area contributed by atoms with Gasteiger partial charge < -0.3 is 20.1 Å². The molecule has 0 saturated carbocycles. The average Bonchev–Trinajstić information content (AvgIpc) is 2.49. The standard InChI is InChI=1S/C16H22FN3O4/c1-16(2,3)24-15(22)20-4-5-23-13(9-20)12(21)7-10-6-11(17)8-19-14(10)18/h6,8,13H,4-5,7,9H2,1-3H3,(H2,18,19). The lowest BCUT2D eigenvalue weighted by Gasteiger charge is -2.33. The van der Waals surface area contributed by atoms with E-state index in [9.17, 15) is 14.0 Å². The zero-order valence-electron chi connectivity index (χ0n) is 14.0. The Morgan fingerprint density at radius 1 is 1.50 bits per heavy atom. The number of nitrogens with zero attached hydrogens (tertiary/aromatic N) is 2. The van der Waals surface area contributed by atoms with E-state index in [-0.39, 0.29) is 31.2 Å². The number of nitrogen functional groups attached to an aromatic ring is 1. The smallest absolute Gasteiger partial charge is 0.410 e. The Hall–Kier alpha value is -2.22. The molecule has 1 atom stereocenters. The lowest BCUT2D eigenvalue weighted by Crippen LogP contribution is -2.50. The number of carbonyl (C=O) groups excluding carboxylic acids is 2. The molecule has 2 rings (SSSR count). The fourth-order valence-corrected chi connectivity index (χ4v) is 2.27. The largest absolute Gasteiger partial charge is 0.444 e. The van der Waals surface area contributed by atoms with Gasteiger partial charge in [0.2, 0.25) is 0 Å². The summed E-state index contributed by atoms with van der Waals surface area (Å²) < 4.78 is 24.0. The van der Waals surface area contributed by atoms with E-state index in [2.05, 4.69) is 4.98 Å². The van der Waals surface area contributed by atoms with Crippen LogP contribution in [0.25, 0.3) is 0 Å². The number of morpholine rings is 1. The SMILES string of the molecule is CC(C)(C)OC(=O)N1CCOC(C(=O)Cc2cc(F)cnc2N)C1. The number of aromatic nitrogens is 1. The van der Waals surface area contributed by atoms with Gasteiger partial charge in [-0.1, -0.05) is 0 Å². The fourth-order valence-electron chi connectivity index (χ4n) is 2.27. The lowest BCUT2D eigenvalue weighted by molar-refractivity contribution is -0.135. The van der Waals surface area contributed by atoms with Crippen LogP contribution in [-0.2, 0) is 20.7 Å². The van der Waals surface area contributed by atoms with E-state index >= 15 is 0 Å². The van der Waals surface area contributed by atoms with Crippen molar-refractivity contribution in [3.63, 3.8) is 0 Å². The second kappa shape index (κ2) is 7.12. The third kappa shape index (κ3) is 4.89. The van der Waals surface area contributed by atoms with E-state index in [0.29, 0.717) is 12.1 Å². The first-order valence-corrected chi connectivity index (χ1v) is 7.68. The van der Waals surface area contributed by atoms with Crippen molar-refractivity contribution in [2.24, 2.45) is 0 Å². The predicted octanol–water partition coefficient (Wildman–Crippen LogP) is 1.55. The summed E-state index contributed by atoms with van der Waals surface area (Å²) in [4.78, 5) is 29.6. The highest BCUT2D eigenvalue weighted by atomic mass is 19.1. The molecule has 0 spiro atoms. The molecule has 24 heavy (non-hydrogen) atoms. The average molecular weight is 339 g/mol. The molecule has 1 amide bonds. The van der Waals surface area contributed by atoms with Crippen molar-refractivity contribution in [3.05, 3.63) is 23.6 Å². The van der Waals surface area contributed by atoms with Crippen molar-refractivity contribution in [1.29, 1.82) is 0 Å².